The van der Waals surface area contributed by atoms with Gasteiger partial charge in [0.1, 0.15) is 16.5 Å². The van der Waals surface area contributed by atoms with E-state index in [1.807, 2.05) is 0 Å². The predicted molar refractivity (Wildman–Crippen MR) is 133 cm³/mol. The summed E-state index contributed by atoms with van der Waals surface area (Å²) in [6.45, 7) is -0.172. The van der Waals surface area contributed by atoms with Gasteiger partial charge in [-0.05, 0) is 81.8 Å². The topological polar surface area (TPSA) is 90.0 Å². The number of hydrogen-bond acceptors (Lipinski definition) is 7. The zero-order chi connectivity index (χ0) is 25.2. The van der Waals surface area contributed by atoms with Gasteiger partial charge in [0.25, 0.3) is 11.1 Å². The zero-order valence-electron chi connectivity index (χ0n) is 18.1. The lowest BCUT2D eigenvalue weighted by atomic mass is 10.2. The van der Waals surface area contributed by atoms with Gasteiger partial charge in [0.15, 0.2) is 5.75 Å². The summed E-state index contributed by atoms with van der Waals surface area (Å²) in [5.74, 6) is -0.486. The minimum absolute atomic E-state index is 0.0437. The molecule has 3 aromatic carbocycles. The highest BCUT2D eigenvalue weighted by Crippen LogP contribution is 2.35. The Morgan fingerprint density at radius 3 is 2.43 bits per heavy atom. The average molecular weight is 578 g/mol. The van der Waals surface area contributed by atoms with Crippen molar-refractivity contribution < 1.29 is 31.3 Å². The number of halogens is 2. The van der Waals surface area contributed by atoms with Crippen LogP contribution in [0.3, 0.4) is 0 Å². The molecule has 11 heteroatoms. The Morgan fingerprint density at radius 1 is 1.06 bits per heavy atom. The van der Waals surface area contributed by atoms with Gasteiger partial charge in [-0.3, -0.25) is 14.5 Å². The lowest BCUT2D eigenvalue weighted by Gasteiger charge is -2.12. The van der Waals surface area contributed by atoms with Crippen LogP contribution in [0.2, 0.25) is 0 Å². The molecular formula is C24H17BrFNO6S2. The van der Waals surface area contributed by atoms with Crippen LogP contribution >= 0.6 is 27.7 Å². The number of rotatable bonds is 7. The van der Waals surface area contributed by atoms with Crippen LogP contribution in [-0.2, 0) is 21.5 Å². The molecule has 0 atom stereocenters. The highest BCUT2D eigenvalue weighted by molar-refractivity contribution is 9.10. The van der Waals surface area contributed by atoms with Crippen molar-refractivity contribution in [2.75, 3.05) is 7.11 Å². The van der Waals surface area contributed by atoms with Crippen molar-refractivity contribution in [3.63, 3.8) is 0 Å². The summed E-state index contributed by atoms with van der Waals surface area (Å²) >= 11 is 4.03. The lowest BCUT2D eigenvalue weighted by molar-refractivity contribution is -0.123. The SMILES string of the molecule is COc1ccc(S(=O)(=O)Oc2ccc(/C=C3\SC(=O)N(Cc4ccccc4F)C3=O)cc2Br)cc1. The summed E-state index contributed by atoms with van der Waals surface area (Å²) in [7, 11) is -2.62. The number of methoxy groups -OCH3 is 1. The van der Waals surface area contributed by atoms with Crippen LogP contribution in [0, 0.1) is 5.82 Å². The Bertz CT molecular complexity index is 1440. The number of hydrogen-bond donors (Lipinski definition) is 0. The van der Waals surface area contributed by atoms with Crippen molar-refractivity contribution in [3.8, 4) is 11.5 Å². The van der Waals surface area contributed by atoms with E-state index in [0.717, 1.165) is 16.7 Å². The summed E-state index contributed by atoms with van der Waals surface area (Å²) in [6.07, 6.45) is 1.50. The van der Waals surface area contributed by atoms with E-state index < -0.39 is 27.1 Å². The molecule has 7 nitrogen and oxygen atoms in total. The fourth-order valence-electron chi connectivity index (χ4n) is 3.17. The van der Waals surface area contributed by atoms with Crippen LogP contribution in [-0.4, -0.2) is 31.6 Å². The van der Waals surface area contributed by atoms with Crippen molar-refractivity contribution >= 4 is 55.0 Å². The number of ether oxygens (including phenoxy) is 1. The van der Waals surface area contributed by atoms with Gasteiger partial charge in [0.05, 0.1) is 23.0 Å². The highest BCUT2D eigenvalue weighted by Gasteiger charge is 2.35. The van der Waals surface area contributed by atoms with Crippen molar-refractivity contribution in [3.05, 3.63) is 93.1 Å². The first-order valence-electron chi connectivity index (χ1n) is 10.0. The first-order chi connectivity index (χ1) is 16.7. The molecule has 2 amide bonds. The molecular weight excluding hydrogens is 561 g/mol. The van der Waals surface area contributed by atoms with Crippen molar-refractivity contribution in [1.82, 2.24) is 4.90 Å². The molecule has 0 unspecified atom stereocenters. The number of carbonyl (C=O) groups is 2. The third-order valence-electron chi connectivity index (χ3n) is 4.96. The smallest absolute Gasteiger partial charge is 0.339 e. The Morgan fingerprint density at radius 2 is 1.77 bits per heavy atom. The van der Waals surface area contributed by atoms with Crippen molar-refractivity contribution in [2.45, 2.75) is 11.4 Å². The number of amides is 2. The van der Waals surface area contributed by atoms with Gasteiger partial charge < -0.3 is 8.92 Å². The number of benzene rings is 3. The lowest BCUT2D eigenvalue weighted by Crippen LogP contribution is -2.27. The third kappa shape index (κ3) is 5.58. The van der Waals surface area contributed by atoms with Crippen LogP contribution < -0.4 is 8.92 Å². The Labute approximate surface area is 213 Å². The molecule has 1 saturated heterocycles. The summed E-state index contributed by atoms with van der Waals surface area (Å²) in [5.41, 5.74) is 0.765. The molecule has 180 valence electrons. The molecule has 0 spiro atoms. The van der Waals surface area contributed by atoms with Crippen molar-refractivity contribution in [1.29, 1.82) is 0 Å². The molecule has 0 aromatic heterocycles. The summed E-state index contributed by atoms with van der Waals surface area (Å²) in [6, 6.07) is 16.2. The first-order valence-corrected chi connectivity index (χ1v) is 13.1. The van der Waals surface area contributed by atoms with E-state index in [-0.39, 0.29) is 27.7 Å². The van der Waals surface area contributed by atoms with Gasteiger partial charge in [0, 0.05) is 5.56 Å². The van der Waals surface area contributed by atoms with Crippen LogP contribution in [0.4, 0.5) is 9.18 Å². The maximum atomic E-state index is 13.9. The van der Waals surface area contributed by atoms with E-state index in [0.29, 0.717) is 15.8 Å². The number of thioether (sulfide) groups is 1. The minimum Gasteiger partial charge on any atom is -0.497 e. The molecule has 0 saturated carbocycles. The number of imide groups is 1. The highest BCUT2D eigenvalue weighted by atomic mass is 79.9. The standard InChI is InChI=1S/C24H17BrFNO6S2/c1-32-17-7-9-18(10-8-17)35(30,31)33-21-11-6-15(12-19(21)25)13-22-23(28)27(24(29)34-22)14-16-4-2-3-5-20(16)26/h2-13H,14H2,1H3/b22-13-. The summed E-state index contributed by atoms with van der Waals surface area (Å²) in [4.78, 5) is 26.2. The maximum absolute atomic E-state index is 13.9. The molecule has 1 aliphatic rings. The van der Waals surface area contributed by atoms with Gasteiger partial charge in [-0.15, -0.1) is 0 Å². The number of nitrogens with zero attached hydrogens (tertiary/aromatic N) is 1. The normalized spacial score (nSPS) is 15.1. The Hall–Kier alpha value is -3.15. The van der Waals surface area contributed by atoms with E-state index in [9.17, 15) is 22.4 Å². The molecule has 0 radical (unpaired) electrons. The molecule has 4 rings (SSSR count). The molecule has 0 N–H and O–H groups in total. The Balaban J connectivity index is 1.51. The van der Waals surface area contributed by atoms with Crippen LogP contribution in [0.25, 0.3) is 6.08 Å². The van der Waals surface area contributed by atoms with Crippen LogP contribution in [0.1, 0.15) is 11.1 Å². The van der Waals surface area contributed by atoms with E-state index in [2.05, 4.69) is 15.9 Å². The molecule has 1 heterocycles. The van der Waals surface area contributed by atoms with Gasteiger partial charge in [-0.1, -0.05) is 24.3 Å². The first kappa shape index (κ1) is 25.0. The maximum Gasteiger partial charge on any atom is 0.339 e. The van der Waals surface area contributed by atoms with Crippen LogP contribution in [0.5, 0.6) is 11.5 Å². The second kappa shape index (κ2) is 10.2. The second-order valence-electron chi connectivity index (χ2n) is 7.26. The average Bonchev–Trinajstić information content (AvgIpc) is 3.09. The monoisotopic (exact) mass is 577 g/mol. The fraction of sp³-hybridized carbons (Fsp3) is 0.0833. The van der Waals surface area contributed by atoms with E-state index in [1.165, 1.54) is 61.7 Å². The van der Waals surface area contributed by atoms with Crippen LogP contribution in [0.15, 0.2) is 81.0 Å². The third-order valence-corrected chi connectivity index (χ3v) is 7.74. The molecule has 0 aliphatic carbocycles. The van der Waals surface area contributed by atoms with Gasteiger partial charge in [-0.2, -0.15) is 8.42 Å². The minimum atomic E-state index is -4.09. The zero-order valence-corrected chi connectivity index (χ0v) is 21.3. The predicted octanol–water partition coefficient (Wildman–Crippen LogP) is 5.60. The van der Waals surface area contributed by atoms with E-state index in [1.54, 1.807) is 18.2 Å². The van der Waals surface area contributed by atoms with Gasteiger partial charge >= 0.3 is 10.1 Å². The quantitative estimate of drug-likeness (QED) is 0.266. The molecule has 0 bridgehead atoms. The summed E-state index contributed by atoms with van der Waals surface area (Å²) in [5, 5.41) is -0.505. The van der Waals surface area contributed by atoms with E-state index >= 15 is 0 Å². The molecule has 3 aromatic rings. The fourth-order valence-corrected chi connectivity index (χ4v) is 5.54. The second-order valence-corrected chi connectivity index (χ2v) is 10.7. The summed E-state index contributed by atoms with van der Waals surface area (Å²) < 4.78 is 49.7. The van der Waals surface area contributed by atoms with Gasteiger partial charge in [-0.25, -0.2) is 4.39 Å². The largest absolute Gasteiger partial charge is 0.497 e. The van der Waals surface area contributed by atoms with E-state index in [4.69, 9.17) is 8.92 Å². The number of carbonyl (C=O) groups excluding carboxylic acids is 2. The molecule has 35 heavy (non-hydrogen) atoms. The van der Waals surface area contributed by atoms with Crippen molar-refractivity contribution in [2.24, 2.45) is 0 Å². The molecule has 1 aliphatic heterocycles. The Kier molecular flexibility index (Phi) is 7.29. The van der Waals surface area contributed by atoms with Gasteiger partial charge in [0.2, 0.25) is 0 Å². The molecule has 1 fully saturated rings.